The lowest BCUT2D eigenvalue weighted by Gasteiger charge is -2.32. The average molecular weight is 289 g/mol. The fourth-order valence-electron chi connectivity index (χ4n) is 3.57. The van der Waals surface area contributed by atoms with Crippen molar-refractivity contribution in [1.29, 1.82) is 0 Å². The Labute approximate surface area is 130 Å². The molecule has 0 spiro atoms. The largest absolute Gasteiger partial charge is 0.381 e. The Morgan fingerprint density at radius 1 is 1.24 bits per heavy atom. The van der Waals surface area contributed by atoms with Crippen molar-refractivity contribution in [2.45, 2.75) is 59.4 Å². The van der Waals surface area contributed by atoms with E-state index in [0.717, 1.165) is 26.2 Å². The molecule has 2 rings (SSSR count). The molecule has 0 radical (unpaired) electrons. The van der Waals surface area contributed by atoms with E-state index in [1.165, 1.54) is 41.5 Å². The summed E-state index contributed by atoms with van der Waals surface area (Å²) in [5.74, 6) is 0.658. The Morgan fingerprint density at radius 3 is 2.52 bits per heavy atom. The summed E-state index contributed by atoms with van der Waals surface area (Å²) in [6, 6.07) is 5.18. The first-order valence-electron chi connectivity index (χ1n) is 8.49. The lowest BCUT2D eigenvalue weighted by molar-refractivity contribution is 0.0393. The van der Waals surface area contributed by atoms with Crippen LogP contribution in [0.2, 0.25) is 0 Å². The highest BCUT2D eigenvalue weighted by atomic mass is 16.5. The molecule has 2 heteroatoms. The van der Waals surface area contributed by atoms with Crippen molar-refractivity contribution < 1.29 is 4.74 Å². The van der Waals surface area contributed by atoms with Gasteiger partial charge in [-0.1, -0.05) is 24.6 Å². The van der Waals surface area contributed by atoms with Crippen LogP contribution in [-0.4, -0.2) is 25.8 Å². The van der Waals surface area contributed by atoms with Gasteiger partial charge in [0.25, 0.3) is 0 Å². The second-order valence-electron chi connectivity index (χ2n) is 6.62. The van der Waals surface area contributed by atoms with Gasteiger partial charge in [0.1, 0.15) is 0 Å². The van der Waals surface area contributed by atoms with Gasteiger partial charge in [-0.15, -0.1) is 0 Å². The number of hydrogen-bond donors (Lipinski definition) is 1. The normalized spacial score (nSPS) is 20.5. The third-order valence-electron chi connectivity index (χ3n) is 4.69. The van der Waals surface area contributed by atoms with Gasteiger partial charge in [-0.3, -0.25) is 0 Å². The summed E-state index contributed by atoms with van der Waals surface area (Å²) in [7, 11) is 0. The van der Waals surface area contributed by atoms with Gasteiger partial charge in [0, 0.05) is 12.6 Å². The minimum atomic E-state index is 0.547. The zero-order valence-electron chi connectivity index (χ0n) is 14.2. The van der Waals surface area contributed by atoms with Crippen LogP contribution in [0.4, 0.5) is 0 Å². The van der Waals surface area contributed by atoms with Crippen LogP contribution in [0, 0.1) is 26.7 Å². The molecule has 21 heavy (non-hydrogen) atoms. The van der Waals surface area contributed by atoms with Crippen molar-refractivity contribution in [3.63, 3.8) is 0 Å². The molecule has 0 saturated carbocycles. The Bertz CT molecular complexity index is 426. The number of hydrogen-bond acceptors (Lipinski definition) is 2. The van der Waals surface area contributed by atoms with E-state index in [9.17, 15) is 0 Å². The predicted molar refractivity (Wildman–Crippen MR) is 90.0 cm³/mol. The van der Waals surface area contributed by atoms with Crippen LogP contribution in [0.5, 0.6) is 0 Å². The highest BCUT2D eigenvalue weighted by Gasteiger charge is 2.24. The monoisotopic (exact) mass is 289 g/mol. The summed E-state index contributed by atoms with van der Waals surface area (Å²) in [6.45, 7) is 11.9. The maximum absolute atomic E-state index is 5.72. The SMILES string of the molecule is CCCNC(Cc1c(C)cc(C)cc1C)C1CCCOC1. The van der Waals surface area contributed by atoms with Crippen molar-refractivity contribution >= 4 is 0 Å². The Hall–Kier alpha value is -0.860. The smallest absolute Gasteiger partial charge is 0.0509 e. The summed E-state index contributed by atoms with van der Waals surface area (Å²) in [5.41, 5.74) is 5.77. The van der Waals surface area contributed by atoms with Crippen molar-refractivity contribution in [2.75, 3.05) is 19.8 Å². The van der Waals surface area contributed by atoms with Crippen LogP contribution < -0.4 is 5.32 Å². The van der Waals surface area contributed by atoms with E-state index in [4.69, 9.17) is 4.74 Å². The first-order valence-corrected chi connectivity index (χ1v) is 8.49. The minimum absolute atomic E-state index is 0.547. The van der Waals surface area contributed by atoms with E-state index in [2.05, 4.69) is 45.1 Å². The van der Waals surface area contributed by atoms with Crippen LogP contribution in [0.1, 0.15) is 48.4 Å². The van der Waals surface area contributed by atoms with Crippen LogP contribution in [0.25, 0.3) is 0 Å². The number of benzene rings is 1. The highest BCUT2D eigenvalue weighted by molar-refractivity contribution is 5.38. The molecule has 0 bridgehead atoms. The average Bonchev–Trinajstić information content (AvgIpc) is 2.46. The van der Waals surface area contributed by atoms with Gasteiger partial charge in [0.05, 0.1) is 6.61 Å². The molecule has 1 aliphatic heterocycles. The summed E-state index contributed by atoms with van der Waals surface area (Å²) >= 11 is 0. The maximum Gasteiger partial charge on any atom is 0.0509 e. The lowest BCUT2D eigenvalue weighted by Crippen LogP contribution is -2.42. The molecule has 0 amide bonds. The van der Waals surface area contributed by atoms with Crippen molar-refractivity contribution in [3.8, 4) is 0 Å². The quantitative estimate of drug-likeness (QED) is 0.856. The van der Waals surface area contributed by atoms with E-state index in [-0.39, 0.29) is 0 Å². The van der Waals surface area contributed by atoms with Crippen LogP contribution in [-0.2, 0) is 11.2 Å². The number of aryl methyl sites for hydroxylation is 3. The second-order valence-corrected chi connectivity index (χ2v) is 6.62. The first-order chi connectivity index (χ1) is 10.1. The van der Waals surface area contributed by atoms with Crippen LogP contribution >= 0.6 is 0 Å². The minimum Gasteiger partial charge on any atom is -0.381 e. The lowest BCUT2D eigenvalue weighted by atomic mass is 9.86. The highest BCUT2D eigenvalue weighted by Crippen LogP contribution is 2.24. The standard InChI is InChI=1S/C19H31NO/c1-5-8-20-19(17-7-6-9-21-13-17)12-18-15(3)10-14(2)11-16(18)4/h10-11,17,19-20H,5-9,12-13H2,1-4H3. The van der Waals surface area contributed by atoms with E-state index >= 15 is 0 Å². The van der Waals surface area contributed by atoms with Gasteiger partial charge in [0.2, 0.25) is 0 Å². The third-order valence-corrected chi connectivity index (χ3v) is 4.69. The molecule has 1 aliphatic rings. The Kier molecular flexibility index (Phi) is 6.25. The van der Waals surface area contributed by atoms with Crippen LogP contribution in [0.3, 0.4) is 0 Å². The maximum atomic E-state index is 5.72. The molecule has 2 nitrogen and oxygen atoms in total. The Balaban J connectivity index is 2.13. The van der Waals surface area contributed by atoms with Crippen molar-refractivity contribution in [2.24, 2.45) is 5.92 Å². The summed E-state index contributed by atoms with van der Waals surface area (Å²) in [4.78, 5) is 0. The van der Waals surface area contributed by atoms with E-state index < -0.39 is 0 Å². The Morgan fingerprint density at radius 2 is 1.95 bits per heavy atom. The molecule has 118 valence electrons. The third kappa shape index (κ3) is 4.55. The van der Waals surface area contributed by atoms with Crippen molar-refractivity contribution in [1.82, 2.24) is 5.32 Å². The molecule has 2 unspecified atom stereocenters. The summed E-state index contributed by atoms with van der Waals surface area (Å²) in [6.07, 6.45) is 4.83. The molecule has 2 atom stereocenters. The molecular formula is C19H31NO. The molecule has 1 aromatic rings. The molecule has 1 N–H and O–H groups in total. The topological polar surface area (TPSA) is 21.3 Å². The van der Waals surface area contributed by atoms with Gasteiger partial charge in [-0.25, -0.2) is 0 Å². The van der Waals surface area contributed by atoms with Gasteiger partial charge < -0.3 is 10.1 Å². The number of nitrogens with one attached hydrogen (secondary N) is 1. The second kappa shape index (κ2) is 7.95. The fourth-order valence-corrected chi connectivity index (χ4v) is 3.57. The number of ether oxygens (including phenoxy) is 1. The molecule has 0 aromatic heterocycles. The van der Waals surface area contributed by atoms with E-state index in [1.807, 2.05) is 0 Å². The predicted octanol–water partition coefficient (Wildman–Crippen LogP) is 3.95. The zero-order chi connectivity index (χ0) is 15.2. The zero-order valence-corrected chi connectivity index (χ0v) is 14.2. The molecule has 1 aromatic carbocycles. The van der Waals surface area contributed by atoms with Crippen molar-refractivity contribution in [3.05, 3.63) is 34.4 Å². The summed E-state index contributed by atoms with van der Waals surface area (Å²) in [5, 5.41) is 3.78. The van der Waals surface area contributed by atoms with Gasteiger partial charge in [0.15, 0.2) is 0 Å². The van der Waals surface area contributed by atoms with E-state index in [1.54, 1.807) is 0 Å². The van der Waals surface area contributed by atoms with E-state index in [0.29, 0.717) is 12.0 Å². The molecule has 1 saturated heterocycles. The summed E-state index contributed by atoms with van der Waals surface area (Å²) < 4.78 is 5.72. The van der Waals surface area contributed by atoms with Gasteiger partial charge >= 0.3 is 0 Å². The fraction of sp³-hybridized carbons (Fsp3) is 0.684. The first kappa shape index (κ1) is 16.5. The molecule has 1 fully saturated rings. The van der Waals surface area contributed by atoms with Gasteiger partial charge in [-0.05, 0) is 75.6 Å². The van der Waals surface area contributed by atoms with Crippen LogP contribution in [0.15, 0.2) is 12.1 Å². The molecular weight excluding hydrogens is 258 g/mol. The van der Waals surface area contributed by atoms with Gasteiger partial charge in [-0.2, -0.15) is 0 Å². The molecule has 0 aliphatic carbocycles. The number of rotatable bonds is 6. The molecule has 1 heterocycles.